The Balaban J connectivity index is 1.67. The van der Waals surface area contributed by atoms with Crippen molar-refractivity contribution in [1.82, 2.24) is 15.3 Å². The van der Waals surface area contributed by atoms with Gasteiger partial charge in [-0.25, -0.2) is 23.1 Å². The highest BCUT2D eigenvalue weighted by Gasteiger charge is 2.72. The van der Waals surface area contributed by atoms with E-state index in [1.807, 2.05) is 13.8 Å². The van der Waals surface area contributed by atoms with Gasteiger partial charge in [0.05, 0.1) is 6.10 Å². The Morgan fingerprint density at radius 2 is 1.68 bits per heavy atom. The van der Waals surface area contributed by atoms with Crippen LogP contribution in [-0.2, 0) is 9.59 Å². The van der Waals surface area contributed by atoms with Crippen LogP contribution in [0.4, 0.5) is 18.9 Å². The molecule has 1 aromatic carbocycles. The number of halogens is 4. The molecule has 2 atom stereocenters. The largest absolute Gasteiger partial charge is 0.491 e. The summed E-state index contributed by atoms with van der Waals surface area (Å²) in [7, 11) is 0. The number of rotatable bonds is 9. The minimum atomic E-state index is -2.46. The van der Waals surface area contributed by atoms with Gasteiger partial charge in [-0.1, -0.05) is 11.6 Å². The predicted molar refractivity (Wildman–Crippen MR) is 118 cm³/mol. The molecule has 1 N–H and O–H groups in total. The number of carbonyl (C=O) groups is 2. The van der Waals surface area contributed by atoms with Crippen molar-refractivity contribution in [2.75, 3.05) is 4.90 Å². The van der Waals surface area contributed by atoms with Crippen molar-refractivity contribution in [2.45, 2.75) is 62.9 Å². The topological polar surface area (TPSA) is 84.4 Å². The van der Waals surface area contributed by atoms with E-state index < -0.39 is 40.9 Å². The number of carbonyl (C=O) groups excluding carboxylic acids is 2. The summed E-state index contributed by atoms with van der Waals surface area (Å²) in [6.07, 6.45) is 1.81. The summed E-state index contributed by atoms with van der Waals surface area (Å²) in [6, 6.07) is 4.80. The van der Waals surface area contributed by atoms with Crippen molar-refractivity contribution in [3.05, 3.63) is 48.5 Å². The number of alkyl halides is 4. The minimum Gasteiger partial charge on any atom is -0.491 e. The molecule has 0 saturated heterocycles. The smallest absolute Gasteiger partial charge is 0.278 e. The Kier molecular flexibility index (Phi) is 6.46. The van der Waals surface area contributed by atoms with Crippen LogP contribution in [0, 0.1) is 5.41 Å². The van der Waals surface area contributed by atoms with Crippen LogP contribution < -0.4 is 15.0 Å². The maximum Gasteiger partial charge on any atom is 0.278 e. The molecule has 0 spiro atoms. The first kappa shape index (κ1) is 24.3. The molecule has 5 rings (SSSR count). The van der Waals surface area contributed by atoms with Gasteiger partial charge in [0.1, 0.15) is 18.1 Å². The maximum absolute atomic E-state index is 14.1. The van der Waals surface area contributed by atoms with E-state index in [9.17, 15) is 22.8 Å². The lowest BCUT2D eigenvalue weighted by Gasteiger charge is -2.70. The number of hydrogen-bond donors (Lipinski definition) is 1. The van der Waals surface area contributed by atoms with Gasteiger partial charge in [0, 0.05) is 34.6 Å². The number of benzene rings is 1. The molecule has 182 valence electrons. The van der Waals surface area contributed by atoms with Gasteiger partial charge in [-0.3, -0.25) is 14.5 Å². The van der Waals surface area contributed by atoms with Crippen molar-refractivity contribution >= 4 is 29.1 Å². The monoisotopic (exact) mass is 496 g/mol. The molecule has 2 bridgehead atoms. The molecule has 2 amide bonds. The van der Waals surface area contributed by atoms with Gasteiger partial charge in [0.15, 0.2) is 0 Å². The van der Waals surface area contributed by atoms with Gasteiger partial charge >= 0.3 is 0 Å². The first-order chi connectivity index (χ1) is 16.1. The highest BCUT2D eigenvalue weighted by Crippen LogP contribution is 2.69. The number of nitrogens with zero attached hydrogens (tertiary/aromatic N) is 3. The Hall–Kier alpha value is -2.88. The summed E-state index contributed by atoms with van der Waals surface area (Å²) >= 11 is 5.51. The van der Waals surface area contributed by atoms with E-state index >= 15 is 0 Å². The zero-order valence-corrected chi connectivity index (χ0v) is 19.3. The molecule has 1 aromatic heterocycles. The summed E-state index contributed by atoms with van der Waals surface area (Å²) in [4.78, 5) is 35.1. The summed E-state index contributed by atoms with van der Waals surface area (Å²) in [6.45, 7) is 3.70. The second-order valence-corrected chi connectivity index (χ2v) is 9.59. The molecule has 3 aliphatic carbocycles. The highest BCUT2D eigenvalue weighted by atomic mass is 35.5. The zero-order valence-electron chi connectivity index (χ0n) is 18.6. The van der Waals surface area contributed by atoms with E-state index in [0.29, 0.717) is 5.75 Å². The molecule has 0 radical (unpaired) electrons. The lowest BCUT2D eigenvalue weighted by atomic mass is 9.39. The molecular formula is C23H24ClF3N4O3. The molecule has 1 heterocycles. The Morgan fingerprint density at radius 1 is 1.09 bits per heavy atom. The Morgan fingerprint density at radius 3 is 2.18 bits per heavy atom. The molecular weight excluding hydrogens is 473 g/mol. The fraction of sp³-hybridized carbons (Fsp3) is 0.478. The van der Waals surface area contributed by atoms with E-state index in [0.717, 1.165) is 4.90 Å². The van der Waals surface area contributed by atoms with Crippen LogP contribution in [0.25, 0.3) is 0 Å². The number of ether oxygens (including phenoxy) is 1. The van der Waals surface area contributed by atoms with Crippen molar-refractivity contribution in [3.8, 4) is 5.75 Å². The van der Waals surface area contributed by atoms with Crippen LogP contribution in [0.3, 0.4) is 0 Å². The van der Waals surface area contributed by atoms with Crippen LogP contribution in [0.5, 0.6) is 5.75 Å². The third-order valence-electron chi connectivity index (χ3n) is 6.24. The SMILES string of the molecule is CC(C)Oc1ccc(N(C(=O)C(F)Cl)C(C(=O)NC23CC(C(F)F)(C2)C3)c2cncnc2)cc1. The van der Waals surface area contributed by atoms with E-state index in [1.165, 1.54) is 30.9 Å². The van der Waals surface area contributed by atoms with Crippen LogP contribution in [-0.4, -0.2) is 45.5 Å². The van der Waals surface area contributed by atoms with Crippen molar-refractivity contribution in [1.29, 1.82) is 0 Å². The van der Waals surface area contributed by atoms with Gasteiger partial charge < -0.3 is 10.1 Å². The van der Waals surface area contributed by atoms with Crippen LogP contribution in [0.15, 0.2) is 43.0 Å². The number of nitrogens with one attached hydrogen (secondary N) is 1. The number of anilines is 1. The van der Waals surface area contributed by atoms with Crippen molar-refractivity contribution < 1.29 is 27.5 Å². The van der Waals surface area contributed by atoms with Gasteiger partial charge in [-0.15, -0.1) is 0 Å². The Bertz CT molecular complexity index is 1030. The second kappa shape index (κ2) is 9.05. The van der Waals surface area contributed by atoms with E-state index in [2.05, 4.69) is 15.3 Å². The van der Waals surface area contributed by atoms with Gasteiger partial charge in [0.25, 0.3) is 11.5 Å². The molecule has 11 heteroatoms. The standard InChI is InChI=1S/C23H24ClF3N4O3/c1-13(2)34-16-5-3-15(4-6-16)31(20(33)18(24)25)17(14-7-28-12-29-8-14)19(32)30-23-9-22(10-23,11-23)21(26)27/h3-8,12-13,17-18,21H,9-11H2,1-2H3,(H,30,32). The number of hydrogen-bond acceptors (Lipinski definition) is 5. The zero-order chi connectivity index (χ0) is 24.7. The molecule has 2 unspecified atom stereocenters. The van der Waals surface area contributed by atoms with E-state index in [1.54, 1.807) is 12.1 Å². The molecule has 0 aliphatic heterocycles. The maximum atomic E-state index is 14.1. The third kappa shape index (κ3) is 4.43. The molecule has 3 saturated carbocycles. The minimum absolute atomic E-state index is 0.0915. The van der Waals surface area contributed by atoms with Crippen LogP contribution in [0.1, 0.15) is 44.7 Å². The molecule has 3 aliphatic rings. The van der Waals surface area contributed by atoms with Crippen LogP contribution >= 0.6 is 11.6 Å². The molecule has 7 nitrogen and oxygen atoms in total. The summed E-state index contributed by atoms with van der Waals surface area (Å²) in [5, 5.41) is 2.81. The average Bonchev–Trinajstić information content (AvgIpc) is 2.73. The van der Waals surface area contributed by atoms with Crippen molar-refractivity contribution in [3.63, 3.8) is 0 Å². The van der Waals surface area contributed by atoms with Gasteiger partial charge in [0.2, 0.25) is 12.3 Å². The number of amides is 2. The summed E-state index contributed by atoms with van der Waals surface area (Å²) < 4.78 is 46.2. The van der Waals surface area contributed by atoms with E-state index in [4.69, 9.17) is 16.3 Å². The predicted octanol–water partition coefficient (Wildman–Crippen LogP) is 4.18. The molecule has 3 fully saturated rings. The molecule has 2 aromatic rings. The fourth-order valence-corrected chi connectivity index (χ4v) is 5.00. The Labute approximate surface area is 199 Å². The average molecular weight is 497 g/mol. The van der Waals surface area contributed by atoms with Gasteiger partial charge in [-0.2, -0.15) is 0 Å². The summed E-state index contributed by atoms with van der Waals surface area (Å²) in [5.74, 6) is -1.31. The lowest BCUT2D eigenvalue weighted by Crippen LogP contribution is -2.77. The fourth-order valence-electron chi connectivity index (χ4n) is 4.90. The number of aromatic nitrogens is 2. The third-order valence-corrected chi connectivity index (χ3v) is 6.42. The normalized spacial score (nSPS) is 24.6. The second-order valence-electron chi connectivity index (χ2n) is 9.21. The van der Waals surface area contributed by atoms with Crippen molar-refractivity contribution in [2.24, 2.45) is 5.41 Å². The highest BCUT2D eigenvalue weighted by molar-refractivity contribution is 6.32. The quantitative estimate of drug-likeness (QED) is 0.527. The van der Waals surface area contributed by atoms with E-state index in [-0.39, 0.29) is 36.6 Å². The molecule has 34 heavy (non-hydrogen) atoms. The summed E-state index contributed by atoms with van der Waals surface area (Å²) in [5.41, 5.74) is -3.84. The van der Waals surface area contributed by atoms with Crippen LogP contribution in [0.2, 0.25) is 0 Å². The lowest BCUT2D eigenvalue weighted by molar-refractivity contribution is -0.228. The van der Waals surface area contributed by atoms with Gasteiger partial charge in [-0.05, 0) is 57.4 Å². The first-order valence-corrected chi connectivity index (χ1v) is 11.2. The first-order valence-electron chi connectivity index (χ1n) is 10.8.